The summed E-state index contributed by atoms with van der Waals surface area (Å²) in [6.07, 6.45) is 37.6. The van der Waals surface area contributed by atoms with Gasteiger partial charge in [0.1, 0.15) is 19.8 Å². The number of esters is 1. The van der Waals surface area contributed by atoms with Gasteiger partial charge >= 0.3 is 13.8 Å². The number of likely N-dealkylation sites (N-methyl/N-ethyl adjacent to an activating group) is 1. The van der Waals surface area contributed by atoms with Gasteiger partial charge in [0.25, 0.3) is 0 Å². The summed E-state index contributed by atoms with van der Waals surface area (Å²) in [6, 6.07) is 0. The molecule has 0 fully saturated rings. The maximum absolute atomic E-state index is 12.6. The van der Waals surface area contributed by atoms with Crippen molar-refractivity contribution in [3.05, 3.63) is 12.3 Å². The van der Waals surface area contributed by atoms with Crippen LogP contribution in [-0.2, 0) is 27.9 Å². The number of rotatable bonds is 39. The van der Waals surface area contributed by atoms with Crippen molar-refractivity contribution in [3.63, 3.8) is 0 Å². The molecule has 0 aliphatic carbocycles. The summed E-state index contributed by atoms with van der Waals surface area (Å²) < 4.78 is 34.7. The van der Waals surface area contributed by atoms with Crippen molar-refractivity contribution in [3.8, 4) is 0 Å². The number of unbranched alkanes of at least 4 members (excludes halogenated alkanes) is 25. The van der Waals surface area contributed by atoms with E-state index in [0.29, 0.717) is 17.4 Å². The van der Waals surface area contributed by atoms with Crippen molar-refractivity contribution in [2.45, 2.75) is 200 Å². The molecule has 298 valence electrons. The minimum atomic E-state index is -4.28. The van der Waals surface area contributed by atoms with E-state index in [4.69, 9.17) is 18.5 Å². The molecule has 50 heavy (non-hydrogen) atoms. The molecular weight excluding hydrogens is 649 g/mol. The Balaban J connectivity index is 4.29. The van der Waals surface area contributed by atoms with E-state index in [9.17, 15) is 14.3 Å². The molecule has 0 radical (unpaired) electrons. The quantitative estimate of drug-likeness (QED) is 0.0221. The van der Waals surface area contributed by atoms with Gasteiger partial charge < -0.3 is 18.9 Å². The monoisotopic (exact) mass is 733 g/mol. The molecule has 0 saturated heterocycles. The Bertz CT molecular complexity index is 817. The molecule has 0 saturated carbocycles. The van der Waals surface area contributed by atoms with Crippen molar-refractivity contribution in [2.75, 3.05) is 47.5 Å². The summed E-state index contributed by atoms with van der Waals surface area (Å²) in [5.41, 5.74) is 0. The lowest BCUT2D eigenvalue weighted by molar-refractivity contribution is -0.870. The molecule has 0 aliphatic rings. The van der Waals surface area contributed by atoms with Crippen molar-refractivity contribution < 1.29 is 37.3 Å². The molecule has 0 bridgehead atoms. The molecule has 0 heterocycles. The molecule has 0 aromatic carbocycles. The van der Waals surface area contributed by atoms with Crippen LogP contribution in [0.4, 0.5) is 0 Å². The third-order valence-corrected chi connectivity index (χ3v) is 10.2. The Morgan fingerprint density at radius 1 is 0.620 bits per heavy atom. The first-order chi connectivity index (χ1) is 24.1. The zero-order valence-electron chi connectivity index (χ0n) is 33.7. The van der Waals surface area contributed by atoms with Crippen LogP contribution in [0.3, 0.4) is 0 Å². The predicted octanol–water partition coefficient (Wildman–Crippen LogP) is 12.2. The first kappa shape index (κ1) is 49.1. The van der Waals surface area contributed by atoms with Crippen molar-refractivity contribution in [1.82, 2.24) is 0 Å². The molecule has 0 rings (SSSR count). The van der Waals surface area contributed by atoms with E-state index in [1.54, 1.807) is 6.26 Å². The van der Waals surface area contributed by atoms with Crippen LogP contribution in [0.2, 0.25) is 0 Å². The fraction of sp³-hybridized carbons (Fsp3) is 0.927. The number of quaternary nitrogens is 1. The molecule has 0 amide bonds. The lowest BCUT2D eigenvalue weighted by Gasteiger charge is -2.24. The smallest absolute Gasteiger partial charge is 0.472 e. The van der Waals surface area contributed by atoms with E-state index in [1.807, 2.05) is 27.2 Å². The van der Waals surface area contributed by atoms with E-state index < -0.39 is 13.9 Å². The average Bonchev–Trinajstić information content (AvgIpc) is 3.06. The van der Waals surface area contributed by atoms with Crippen molar-refractivity contribution in [2.24, 2.45) is 0 Å². The summed E-state index contributed by atoms with van der Waals surface area (Å²) in [7, 11) is 1.65. The number of phosphoric ester groups is 1. The molecule has 2 atom stereocenters. The van der Waals surface area contributed by atoms with Crippen molar-refractivity contribution in [1.29, 1.82) is 0 Å². The number of phosphoric acid groups is 1. The second kappa shape index (κ2) is 35.1. The number of carbonyl (C=O) groups excluding carboxylic acids is 1. The molecule has 0 aromatic heterocycles. The van der Waals surface area contributed by atoms with Crippen molar-refractivity contribution >= 4 is 13.8 Å². The number of hydrogen-bond donors (Lipinski definition) is 1. The average molecular weight is 733 g/mol. The Labute approximate surface area is 310 Å². The Morgan fingerprint density at radius 3 is 1.48 bits per heavy atom. The molecule has 8 nitrogen and oxygen atoms in total. The summed E-state index contributed by atoms with van der Waals surface area (Å²) in [5, 5.41) is 0. The van der Waals surface area contributed by atoms with E-state index in [0.717, 1.165) is 32.1 Å². The molecule has 1 N–H and O–H groups in total. The number of nitrogens with zero attached hydrogens (tertiary/aromatic N) is 1. The largest absolute Gasteiger partial charge is 0.498 e. The number of carbonyl (C=O) groups is 1. The van der Waals surface area contributed by atoms with E-state index in [2.05, 4.69) is 13.8 Å². The minimum Gasteiger partial charge on any atom is -0.498 e. The molecule has 9 heteroatoms. The van der Waals surface area contributed by atoms with Gasteiger partial charge in [0.2, 0.25) is 0 Å². The van der Waals surface area contributed by atoms with Gasteiger partial charge in [-0.2, -0.15) is 0 Å². The van der Waals surface area contributed by atoms with Gasteiger partial charge in [-0.1, -0.05) is 168 Å². The van der Waals surface area contributed by atoms with E-state index in [-0.39, 0.29) is 25.8 Å². The highest BCUT2D eigenvalue weighted by atomic mass is 31.2. The van der Waals surface area contributed by atoms with E-state index in [1.165, 1.54) is 141 Å². The van der Waals surface area contributed by atoms with Crippen LogP contribution in [0.25, 0.3) is 0 Å². The topological polar surface area (TPSA) is 91.3 Å². The molecule has 0 aliphatic heterocycles. The first-order valence-corrected chi connectivity index (χ1v) is 22.5. The standard InChI is InChI=1S/C41H82NO7P/c1-6-8-10-12-14-16-18-20-22-24-26-28-30-32-34-41(43)49-40(39-48-50(44,45)47-37-35-42(3,4)5)38-46-36-33-31-29-27-25-23-21-19-17-15-13-11-9-7-2/h33,36,40H,6-32,34-35,37-39H2,1-5H3/p+1/b36-33+/t40-/m1/s1. The van der Waals surface area contributed by atoms with Crippen LogP contribution < -0.4 is 0 Å². The third-order valence-electron chi connectivity index (χ3n) is 9.17. The van der Waals surface area contributed by atoms with Gasteiger partial charge in [0.05, 0.1) is 34.0 Å². The first-order valence-electron chi connectivity index (χ1n) is 21.0. The number of hydrogen-bond acceptors (Lipinski definition) is 6. The SMILES string of the molecule is CCCCCCCCCCCCCC/C=C/OC[C@H](COP(=O)(O)OCC[N+](C)(C)C)OC(=O)CCCCCCCCCCCCCCCC. The lowest BCUT2D eigenvalue weighted by atomic mass is 10.0. The summed E-state index contributed by atoms with van der Waals surface area (Å²) in [6.45, 7) is 4.95. The molecule has 0 aromatic rings. The van der Waals surface area contributed by atoms with Gasteiger partial charge in [0, 0.05) is 6.42 Å². The normalized spacial score (nSPS) is 13.9. The van der Waals surface area contributed by atoms with E-state index >= 15 is 0 Å². The van der Waals surface area contributed by atoms with Crippen LogP contribution in [0.1, 0.15) is 194 Å². The second-order valence-corrected chi connectivity index (χ2v) is 16.9. The van der Waals surface area contributed by atoms with Crippen LogP contribution in [-0.4, -0.2) is 69.0 Å². The fourth-order valence-corrected chi connectivity index (χ4v) is 6.61. The number of allylic oxidation sites excluding steroid dienone is 1. The minimum absolute atomic E-state index is 0.0539. The maximum Gasteiger partial charge on any atom is 0.472 e. The van der Waals surface area contributed by atoms with Gasteiger partial charge in [0.15, 0.2) is 6.10 Å². The Hall–Kier alpha value is -0.920. The van der Waals surface area contributed by atoms with Gasteiger partial charge in [-0.25, -0.2) is 4.57 Å². The second-order valence-electron chi connectivity index (χ2n) is 15.5. The fourth-order valence-electron chi connectivity index (χ4n) is 5.87. The van der Waals surface area contributed by atoms with Crippen LogP contribution >= 0.6 is 7.82 Å². The number of ether oxygens (including phenoxy) is 2. The molecular formula is C41H83NO7P+. The van der Waals surface area contributed by atoms with Crippen LogP contribution in [0.5, 0.6) is 0 Å². The van der Waals surface area contributed by atoms with Gasteiger partial charge in [-0.3, -0.25) is 13.8 Å². The van der Waals surface area contributed by atoms with Crippen LogP contribution in [0.15, 0.2) is 12.3 Å². The van der Waals surface area contributed by atoms with Gasteiger partial charge in [-0.15, -0.1) is 0 Å². The highest BCUT2D eigenvalue weighted by Crippen LogP contribution is 2.43. The Morgan fingerprint density at radius 2 is 1.04 bits per heavy atom. The third kappa shape index (κ3) is 38.3. The van der Waals surface area contributed by atoms with Gasteiger partial charge in [-0.05, 0) is 25.3 Å². The highest BCUT2D eigenvalue weighted by Gasteiger charge is 2.26. The zero-order valence-corrected chi connectivity index (χ0v) is 34.5. The predicted molar refractivity (Wildman–Crippen MR) is 210 cm³/mol. The van der Waals surface area contributed by atoms with Crippen LogP contribution in [0, 0.1) is 0 Å². The zero-order chi connectivity index (χ0) is 37.0. The maximum atomic E-state index is 12.6. The summed E-state index contributed by atoms with van der Waals surface area (Å²) in [5.74, 6) is -0.333. The molecule has 1 unspecified atom stereocenters. The Kier molecular flexibility index (Phi) is 34.5. The lowest BCUT2D eigenvalue weighted by Crippen LogP contribution is -2.37. The highest BCUT2D eigenvalue weighted by molar-refractivity contribution is 7.47. The summed E-state index contributed by atoms with van der Waals surface area (Å²) in [4.78, 5) is 22.8. The summed E-state index contributed by atoms with van der Waals surface area (Å²) >= 11 is 0. The molecule has 0 spiro atoms.